The van der Waals surface area contributed by atoms with Gasteiger partial charge in [-0.2, -0.15) is 0 Å². The van der Waals surface area contributed by atoms with Crippen LogP contribution >= 0.6 is 0 Å². The summed E-state index contributed by atoms with van der Waals surface area (Å²) in [5.74, 6) is -0.652. The summed E-state index contributed by atoms with van der Waals surface area (Å²) in [5, 5.41) is 12.3. The number of rotatable bonds is 6. The molecular weight excluding hydrogens is 244 g/mol. The molecule has 110 valence electrons. The van der Waals surface area contributed by atoms with Gasteiger partial charge in [-0.15, -0.1) is 0 Å². The van der Waals surface area contributed by atoms with E-state index >= 15 is 0 Å². The molecule has 1 unspecified atom stereocenters. The molecule has 1 fully saturated rings. The number of aliphatic carboxylic acids is 1. The van der Waals surface area contributed by atoms with Crippen molar-refractivity contribution < 1.29 is 14.7 Å². The second kappa shape index (κ2) is 6.89. The van der Waals surface area contributed by atoms with E-state index in [1.54, 1.807) is 0 Å². The van der Waals surface area contributed by atoms with Gasteiger partial charge in [0.1, 0.15) is 0 Å². The maximum absolute atomic E-state index is 11.8. The van der Waals surface area contributed by atoms with Gasteiger partial charge in [-0.05, 0) is 33.1 Å². The number of nitrogens with zero attached hydrogens (tertiary/aromatic N) is 1. The number of hydrogen-bond acceptors (Lipinski definition) is 3. The number of carboxylic acids is 1. The molecule has 1 atom stereocenters. The molecule has 0 aliphatic carbocycles. The second-order valence-electron chi connectivity index (χ2n) is 5.44. The third-order valence-electron chi connectivity index (χ3n) is 4.22. The summed E-state index contributed by atoms with van der Waals surface area (Å²) in [7, 11) is 0. The largest absolute Gasteiger partial charge is 0.481 e. The minimum Gasteiger partial charge on any atom is -0.481 e. The first kappa shape index (κ1) is 16.0. The molecule has 0 spiro atoms. The van der Waals surface area contributed by atoms with Crippen LogP contribution in [0.1, 0.15) is 46.5 Å². The van der Waals surface area contributed by atoms with Gasteiger partial charge in [-0.1, -0.05) is 13.3 Å². The van der Waals surface area contributed by atoms with Crippen LogP contribution in [0.15, 0.2) is 0 Å². The molecule has 0 aromatic heterocycles. The fourth-order valence-corrected chi connectivity index (χ4v) is 2.88. The van der Waals surface area contributed by atoms with Crippen LogP contribution < -0.4 is 5.32 Å². The van der Waals surface area contributed by atoms with Crippen molar-refractivity contribution in [1.82, 2.24) is 10.2 Å². The molecule has 1 aliphatic heterocycles. The Morgan fingerprint density at radius 3 is 2.32 bits per heavy atom. The first-order valence-electron chi connectivity index (χ1n) is 7.22. The number of likely N-dealkylation sites (N-methyl/N-ethyl adjacent to an activating group) is 1. The highest BCUT2D eigenvalue weighted by molar-refractivity contribution is 5.81. The summed E-state index contributed by atoms with van der Waals surface area (Å²) in [5.41, 5.74) is -0.577. The van der Waals surface area contributed by atoms with Crippen molar-refractivity contribution in [3.63, 3.8) is 0 Å². The van der Waals surface area contributed by atoms with Crippen LogP contribution in [0.2, 0.25) is 0 Å². The smallest absolute Gasteiger partial charge is 0.309 e. The van der Waals surface area contributed by atoms with Gasteiger partial charge in [0.2, 0.25) is 5.91 Å². The number of amides is 1. The lowest BCUT2D eigenvalue weighted by molar-refractivity contribution is -0.153. The van der Waals surface area contributed by atoms with E-state index in [9.17, 15) is 14.7 Å². The minimum absolute atomic E-state index is 0.0285. The Balaban J connectivity index is 2.60. The molecule has 0 bridgehead atoms. The number of carbonyl (C=O) groups is 2. The van der Waals surface area contributed by atoms with Gasteiger partial charge < -0.3 is 10.4 Å². The number of hydrogen-bond donors (Lipinski definition) is 2. The fraction of sp³-hybridized carbons (Fsp3) is 0.857. The lowest BCUT2D eigenvalue weighted by atomic mass is 9.75. The Morgan fingerprint density at radius 2 is 1.89 bits per heavy atom. The quantitative estimate of drug-likeness (QED) is 0.767. The fourth-order valence-electron chi connectivity index (χ4n) is 2.88. The van der Waals surface area contributed by atoms with Gasteiger partial charge in [0, 0.05) is 19.6 Å². The molecular formula is C14H26N2O3. The van der Waals surface area contributed by atoms with Crippen molar-refractivity contribution in [2.75, 3.05) is 19.6 Å². The van der Waals surface area contributed by atoms with E-state index in [0.29, 0.717) is 32.5 Å². The molecule has 0 radical (unpaired) electrons. The van der Waals surface area contributed by atoms with Gasteiger partial charge in [-0.3, -0.25) is 14.5 Å². The van der Waals surface area contributed by atoms with E-state index in [1.165, 1.54) is 0 Å². The SMILES string of the molecule is CCCC1(C(=O)O)CCN(C(C)C(=O)NCC)CC1. The van der Waals surface area contributed by atoms with E-state index in [2.05, 4.69) is 10.2 Å². The van der Waals surface area contributed by atoms with Gasteiger partial charge in [0.25, 0.3) is 0 Å². The van der Waals surface area contributed by atoms with Crippen LogP contribution in [0.5, 0.6) is 0 Å². The summed E-state index contributed by atoms with van der Waals surface area (Å²) in [6, 6.07) is -0.173. The number of carbonyl (C=O) groups excluding carboxylic acids is 1. The maximum atomic E-state index is 11.8. The number of nitrogens with one attached hydrogen (secondary N) is 1. The monoisotopic (exact) mass is 270 g/mol. The van der Waals surface area contributed by atoms with E-state index in [-0.39, 0.29) is 11.9 Å². The van der Waals surface area contributed by atoms with Gasteiger partial charge in [0.15, 0.2) is 0 Å². The zero-order valence-electron chi connectivity index (χ0n) is 12.2. The standard InChI is InChI=1S/C14H26N2O3/c1-4-6-14(13(18)19)7-9-16(10-8-14)11(3)12(17)15-5-2/h11H,4-10H2,1-3H3,(H,15,17)(H,18,19). The van der Waals surface area contributed by atoms with Gasteiger partial charge in [0.05, 0.1) is 11.5 Å². The van der Waals surface area contributed by atoms with Crippen molar-refractivity contribution in [3.8, 4) is 0 Å². The second-order valence-corrected chi connectivity index (χ2v) is 5.44. The van der Waals surface area contributed by atoms with Crippen LogP contribution in [-0.2, 0) is 9.59 Å². The van der Waals surface area contributed by atoms with Crippen molar-refractivity contribution >= 4 is 11.9 Å². The lowest BCUT2D eigenvalue weighted by Gasteiger charge is -2.40. The third kappa shape index (κ3) is 3.69. The molecule has 5 heteroatoms. The van der Waals surface area contributed by atoms with Crippen LogP contribution in [0.3, 0.4) is 0 Å². The average molecular weight is 270 g/mol. The van der Waals surface area contributed by atoms with Crippen molar-refractivity contribution in [3.05, 3.63) is 0 Å². The van der Waals surface area contributed by atoms with Gasteiger partial charge >= 0.3 is 5.97 Å². The minimum atomic E-state index is -0.681. The van der Waals surface area contributed by atoms with Crippen molar-refractivity contribution in [1.29, 1.82) is 0 Å². The number of piperidine rings is 1. The Kier molecular flexibility index (Phi) is 5.79. The van der Waals surface area contributed by atoms with Crippen molar-refractivity contribution in [2.24, 2.45) is 5.41 Å². The Hall–Kier alpha value is -1.10. The highest BCUT2D eigenvalue weighted by atomic mass is 16.4. The molecule has 1 rings (SSSR count). The summed E-state index contributed by atoms with van der Waals surface area (Å²) in [6.07, 6.45) is 2.89. The first-order valence-corrected chi connectivity index (χ1v) is 7.22. The topological polar surface area (TPSA) is 69.6 Å². The number of carboxylic acid groups (broad SMARTS) is 1. The van der Waals surface area contributed by atoms with Crippen LogP contribution in [-0.4, -0.2) is 47.6 Å². The molecule has 0 aromatic carbocycles. The zero-order chi connectivity index (χ0) is 14.5. The summed E-state index contributed by atoms with van der Waals surface area (Å²) in [4.78, 5) is 25.4. The van der Waals surface area contributed by atoms with E-state index in [0.717, 1.165) is 12.8 Å². The van der Waals surface area contributed by atoms with E-state index < -0.39 is 11.4 Å². The average Bonchev–Trinajstić information content (AvgIpc) is 2.39. The van der Waals surface area contributed by atoms with E-state index in [1.807, 2.05) is 20.8 Å². The molecule has 0 aromatic rings. The predicted molar refractivity (Wildman–Crippen MR) is 73.9 cm³/mol. The molecule has 1 amide bonds. The summed E-state index contributed by atoms with van der Waals surface area (Å²) in [6.45, 7) is 7.81. The molecule has 5 nitrogen and oxygen atoms in total. The highest BCUT2D eigenvalue weighted by Gasteiger charge is 2.41. The maximum Gasteiger partial charge on any atom is 0.309 e. The Bertz CT molecular complexity index is 323. The van der Waals surface area contributed by atoms with Crippen LogP contribution in [0, 0.1) is 5.41 Å². The molecule has 2 N–H and O–H groups in total. The molecule has 1 heterocycles. The summed E-state index contributed by atoms with van der Waals surface area (Å²) >= 11 is 0. The molecule has 19 heavy (non-hydrogen) atoms. The molecule has 1 aliphatic rings. The third-order valence-corrected chi connectivity index (χ3v) is 4.22. The molecule has 0 saturated carbocycles. The predicted octanol–water partition coefficient (Wildman–Crippen LogP) is 1.48. The zero-order valence-corrected chi connectivity index (χ0v) is 12.2. The lowest BCUT2D eigenvalue weighted by Crippen LogP contribution is -2.51. The summed E-state index contributed by atoms with van der Waals surface area (Å²) < 4.78 is 0. The normalized spacial score (nSPS) is 20.8. The van der Waals surface area contributed by atoms with Gasteiger partial charge in [-0.25, -0.2) is 0 Å². The van der Waals surface area contributed by atoms with Crippen molar-refractivity contribution in [2.45, 2.75) is 52.5 Å². The molecule has 1 saturated heterocycles. The first-order chi connectivity index (χ1) is 8.96. The Morgan fingerprint density at radius 1 is 1.32 bits per heavy atom. The number of likely N-dealkylation sites (tertiary alicyclic amines) is 1. The highest BCUT2D eigenvalue weighted by Crippen LogP contribution is 2.36. The Labute approximate surface area is 115 Å². The van der Waals surface area contributed by atoms with Crippen LogP contribution in [0.4, 0.5) is 0 Å². The van der Waals surface area contributed by atoms with Crippen LogP contribution in [0.25, 0.3) is 0 Å². The van der Waals surface area contributed by atoms with E-state index in [4.69, 9.17) is 0 Å².